The summed E-state index contributed by atoms with van der Waals surface area (Å²) in [7, 11) is 0. The largest absolute Gasteiger partial charge is 0.130 e. The molecule has 1 rings (SSSR count). The van der Waals surface area contributed by atoms with E-state index in [0.717, 1.165) is 0 Å². The maximum atomic E-state index is 2.37. The second-order valence-corrected chi connectivity index (χ2v) is 5.20. The van der Waals surface area contributed by atoms with E-state index in [9.17, 15) is 0 Å². The summed E-state index contributed by atoms with van der Waals surface area (Å²) in [6.07, 6.45) is 2.12. The summed E-state index contributed by atoms with van der Waals surface area (Å²) in [4.78, 5) is 1.37. The van der Waals surface area contributed by atoms with Gasteiger partial charge in [-0.2, -0.15) is 0 Å². The van der Waals surface area contributed by atoms with Gasteiger partial charge in [-0.1, -0.05) is 13.8 Å². The summed E-state index contributed by atoms with van der Waals surface area (Å²) in [6, 6.07) is 6.75. The van der Waals surface area contributed by atoms with Crippen LogP contribution in [0.3, 0.4) is 0 Å². The predicted octanol–water partition coefficient (Wildman–Crippen LogP) is 4.14. The van der Waals surface area contributed by atoms with Gasteiger partial charge in [0, 0.05) is 8.47 Å². The average molecular weight is 292 g/mol. The van der Waals surface area contributed by atoms with Gasteiger partial charge in [-0.25, -0.2) is 0 Å². The molecule has 0 N–H and O–H groups in total. The lowest BCUT2D eigenvalue weighted by Gasteiger charge is -2.07. The monoisotopic (exact) mass is 292 g/mol. The van der Waals surface area contributed by atoms with E-state index in [1.54, 1.807) is 0 Å². The fourth-order valence-corrected chi connectivity index (χ4v) is 2.44. The molecule has 0 nitrogen and oxygen atoms in total. The van der Waals surface area contributed by atoms with Gasteiger partial charge in [0.2, 0.25) is 0 Å². The van der Waals surface area contributed by atoms with Crippen LogP contribution >= 0.6 is 34.4 Å². The van der Waals surface area contributed by atoms with E-state index >= 15 is 0 Å². The molecular weight excluding hydrogens is 279 g/mol. The quantitative estimate of drug-likeness (QED) is 0.583. The molecule has 66 valence electrons. The molecule has 1 aromatic carbocycles. The molecule has 12 heavy (non-hydrogen) atoms. The van der Waals surface area contributed by atoms with Crippen molar-refractivity contribution in [2.24, 2.45) is 0 Å². The van der Waals surface area contributed by atoms with E-state index in [1.165, 1.54) is 14.0 Å². The molecule has 0 atom stereocenters. The lowest BCUT2D eigenvalue weighted by molar-refractivity contribution is 0.861. The van der Waals surface area contributed by atoms with Crippen LogP contribution in [0.5, 0.6) is 0 Å². The summed E-state index contributed by atoms with van der Waals surface area (Å²) in [5, 5.41) is 0. The van der Waals surface area contributed by atoms with Crippen LogP contribution in [-0.2, 0) is 0 Å². The Morgan fingerprint density at radius 1 is 1.25 bits per heavy atom. The molecule has 0 aliphatic heterocycles. The molecule has 0 aliphatic carbocycles. The van der Waals surface area contributed by atoms with Gasteiger partial charge in [0.25, 0.3) is 0 Å². The van der Waals surface area contributed by atoms with Crippen LogP contribution in [-0.4, -0.2) is 6.26 Å². The SMILES string of the molecule is CSc1cc(I)cc(C(C)C)c1. The minimum atomic E-state index is 0.630. The summed E-state index contributed by atoms with van der Waals surface area (Å²) in [5.41, 5.74) is 1.44. The Labute approximate surface area is 92.3 Å². The van der Waals surface area contributed by atoms with Gasteiger partial charge in [0.15, 0.2) is 0 Å². The predicted molar refractivity (Wildman–Crippen MR) is 65.0 cm³/mol. The van der Waals surface area contributed by atoms with Crippen molar-refractivity contribution in [3.05, 3.63) is 27.3 Å². The minimum Gasteiger partial charge on any atom is -0.130 e. The third kappa shape index (κ3) is 2.66. The van der Waals surface area contributed by atoms with Crippen LogP contribution in [0.15, 0.2) is 23.1 Å². The lowest BCUT2D eigenvalue weighted by Crippen LogP contribution is -1.88. The Morgan fingerprint density at radius 3 is 2.42 bits per heavy atom. The van der Waals surface area contributed by atoms with Crippen molar-refractivity contribution in [3.8, 4) is 0 Å². The molecule has 0 aromatic heterocycles. The molecule has 0 bridgehead atoms. The number of rotatable bonds is 2. The van der Waals surface area contributed by atoms with Gasteiger partial charge in [0.1, 0.15) is 0 Å². The highest BCUT2D eigenvalue weighted by Gasteiger charge is 2.01. The Hall–Kier alpha value is 0.300. The van der Waals surface area contributed by atoms with Crippen LogP contribution in [0, 0.1) is 3.57 Å². The van der Waals surface area contributed by atoms with Crippen molar-refractivity contribution < 1.29 is 0 Å². The zero-order valence-corrected chi connectivity index (χ0v) is 10.6. The molecule has 0 aliphatic rings. The Balaban J connectivity index is 3.06. The number of hydrogen-bond acceptors (Lipinski definition) is 1. The summed E-state index contributed by atoms with van der Waals surface area (Å²) in [6.45, 7) is 4.46. The lowest BCUT2D eigenvalue weighted by atomic mass is 10.0. The normalized spacial score (nSPS) is 10.8. The van der Waals surface area contributed by atoms with Crippen molar-refractivity contribution in [1.29, 1.82) is 0 Å². The molecule has 1 aromatic rings. The minimum absolute atomic E-state index is 0.630. The van der Waals surface area contributed by atoms with Crippen molar-refractivity contribution in [3.63, 3.8) is 0 Å². The molecule has 0 radical (unpaired) electrons. The van der Waals surface area contributed by atoms with E-state index in [4.69, 9.17) is 0 Å². The summed E-state index contributed by atoms with van der Waals surface area (Å²) in [5.74, 6) is 0.630. The molecular formula is C10H13IS. The number of benzene rings is 1. The summed E-state index contributed by atoms with van der Waals surface area (Å²) < 4.78 is 1.34. The Morgan fingerprint density at radius 2 is 1.92 bits per heavy atom. The Bertz CT molecular complexity index is 269. The van der Waals surface area contributed by atoms with Crippen molar-refractivity contribution in [2.75, 3.05) is 6.26 Å². The van der Waals surface area contributed by atoms with Crippen LogP contribution in [0.2, 0.25) is 0 Å². The molecule has 0 amide bonds. The molecule has 0 unspecified atom stereocenters. The maximum Gasteiger partial charge on any atom is 0.0144 e. The first-order chi connectivity index (χ1) is 5.63. The summed E-state index contributed by atoms with van der Waals surface area (Å²) >= 11 is 4.18. The van der Waals surface area contributed by atoms with Crippen LogP contribution in [0.4, 0.5) is 0 Å². The third-order valence-electron chi connectivity index (χ3n) is 1.80. The first kappa shape index (κ1) is 10.4. The fraction of sp³-hybridized carbons (Fsp3) is 0.400. The molecule has 0 spiro atoms. The molecule has 0 heterocycles. The smallest absolute Gasteiger partial charge is 0.0144 e. The van der Waals surface area contributed by atoms with Gasteiger partial charge < -0.3 is 0 Å². The first-order valence-electron chi connectivity index (χ1n) is 3.98. The van der Waals surface area contributed by atoms with Crippen LogP contribution in [0.1, 0.15) is 25.3 Å². The topological polar surface area (TPSA) is 0 Å². The maximum absolute atomic E-state index is 2.37. The molecule has 0 saturated heterocycles. The fourth-order valence-electron chi connectivity index (χ4n) is 1.04. The van der Waals surface area contributed by atoms with E-state index in [1.807, 2.05) is 11.8 Å². The highest BCUT2D eigenvalue weighted by Crippen LogP contribution is 2.24. The van der Waals surface area contributed by atoms with E-state index in [2.05, 4.69) is 60.9 Å². The van der Waals surface area contributed by atoms with Crippen molar-refractivity contribution in [2.45, 2.75) is 24.7 Å². The van der Waals surface area contributed by atoms with Gasteiger partial charge in [-0.15, -0.1) is 11.8 Å². The van der Waals surface area contributed by atoms with E-state index in [0.29, 0.717) is 5.92 Å². The highest BCUT2D eigenvalue weighted by atomic mass is 127. The van der Waals surface area contributed by atoms with E-state index in [-0.39, 0.29) is 0 Å². The second-order valence-electron chi connectivity index (χ2n) is 3.08. The highest BCUT2D eigenvalue weighted by molar-refractivity contribution is 14.1. The van der Waals surface area contributed by atoms with E-state index < -0.39 is 0 Å². The van der Waals surface area contributed by atoms with Crippen LogP contribution in [0.25, 0.3) is 0 Å². The molecule has 0 fully saturated rings. The van der Waals surface area contributed by atoms with Crippen LogP contribution < -0.4 is 0 Å². The standard InChI is InChI=1S/C10H13IS/c1-7(2)8-4-9(11)6-10(5-8)12-3/h4-7H,1-3H3. The number of halogens is 1. The number of hydrogen-bond donors (Lipinski definition) is 0. The zero-order valence-electron chi connectivity index (χ0n) is 7.60. The zero-order chi connectivity index (χ0) is 9.14. The van der Waals surface area contributed by atoms with Gasteiger partial charge in [-0.05, 0) is 58.5 Å². The molecule has 2 heteroatoms. The van der Waals surface area contributed by atoms with Gasteiger partial charge in [0.05, 0.1) is 0 Å². The third-order valence-corrected chi connectivity index (χ3v) is 3.13. The second kappa shape index (κ2) is 4.51. The number of thioether (sulfide) groups is 1. The van der Waals surface area contributed by atoms with Crippen molar-refractivity contribution in [1.82, 2.24) is 0 Å². The van der Waals surface area contributed by atoms with Gasteiger partial charge >= 0.3 is 0 Å². The average Bonchev–Trinajstić information content (AvgIpc) is 2.03. The van der Waals surface area contributed by atoms with Gasteiger partial charge in [-0.3, -0.25) is 0 Å². The first-order valence-corrected chi connectivity index (χ1v) is 6.28. The van der Waals surface area contributed by atoms with Crippen molar-refractivity contribution >= 4 is 34.4 Å². The Kier molecular flexibility index (Phi) is 3.90. The molecule has 0 saturated carbocycles.